The standard InChI is InChI=1S/C105H72N8/c1-105(2)94-65-80(76-43-26-44-77(53-76)89-59-83(69-29-10-3-11-30-69)56-84(60-89)70-31-12-4-13-32-70)51-52-97(94)113(104-110-101(75-41-22-9-23-42-75)108-102(111-104)82-48-28-46-79(55-82)91-63-87(73-37-18-7-19-38-73)58-88(64-91)74-39-20-8-21-40-74)99-67-98-93(66-95(99)105)92-49-24-25-50-96(92)112(98)103-107-68-106-100(109-103)81-47-27-45-78(54-81)90-61-85(71-33-14-5-15-34-71)57-86(62-90)72-35-16-6-17-36-72/h3-68H,1-2H3. The van der Waals surface area contributed by atoms with Gasteiger partial charge in [0.25, 0.3) is 0 Å². The van der Waals surface area contributed by atoms with Gasteiger partial charge < -0.3 is 0 Å². The van der Waals surface area contributed by atoms with Gasteiger partial charge in [-0.25, -0.2) is 15.0 Å². The van der Waals surface area contributed by atoms with Gasteiger partial charge in [-0.15, -0.1) is 0 Å². The van der Waals surface area contributed by atoms with Gasteiger partial charge in [0.05, 0.1) is 22.4 Å². The fourth-order valence-electron chi connectivity index (χ4n) is 16.4. The predicted octanol–water partition coefficient (Wildman–Crippen LogP) is 26.9. The van der Waals surface area contributed by atoms with Crippen LogP contribution in [-0.4, -0.2) is 34.5 Å². The van der Waals surface area contributed by atoms with E-state index in [0.717, 1.165) is 161 Å². The molecule has 0 bridgehead atoms. The summed E-state index contributed by atoms with van der Waals surface area (Å²) in [4.78, 5) is 34.6. The predicted molar refractivity (Wildman–Crippen MR) is 465 cm³/mol. The van der Waals surface area contributed by atoms with Crippen LogP contribution in [0, 0.1) is 0 Å². The van der Waals surface area contributed by atoms with Crippen LogP contribution in [0.4, 0.5) is 17.3 Å². The van der Waals surface area contributed by atoms with Crippen molar-refractivity contribution in [1.82, 2.24) is 34.5 Å². The molecule has 16 aromatic carbocycles. The van der Waals surface area contributed by atoms with E-state index in [1.165, 1.54) is 11.1 Å². The zero-order valence-corrected chi connectivity index (χ0v) is 62.2. The molecule has 20 rings (SSSR count). The highest BCUT2D eigenvalue weighted by molar-refractivity contribution is 6.11. The first-order chi connectivity index (χ1) is 55.7. The number of fused-ring (bicyclic) bond motifs is 5. The van der Waals surface area contributed by atoms with Crippen LogP contribution in [0.15, 0.2) is 401 Å². The fraction of sp³-hybridized carbons (Fsp3) is 0.0286. The number of para-hydroxylation sites is 1. The maximum absolute atomic E-state index is 5.73. The van der Waals surface area contributed by atoms with Crippen LogP contribution in [0.3, 0.4) is 0 Å². The number of aromatic nitrogens is 7. The van der Waals surface area contributed by atoms with E-state index in [9.17, 15) is 0 Å². The Labute approximate surface area is 656 Å². The van der Waals surface area contributed by atoms with Crippen molar-refractivity contribution < 1.29 is 0 Å². The van der Waals surface area contributed by atoms with Crippen LogP contribution in [-0.2, 0) is 5.41 Å². The van der Waals surface area contributed by atoms with Crippen molar-refractivity contribution in [3.05, 3.63) is 412 Å². The molecule has 0 spiro atoms. The Kier molecular flexibility index (Phi) is 17.1. The first-order valence-corrected chi connectivity index (χ1v) is 38.3. The Hall–Kier alpha value is -14.9. The number of hydrogen-bond donors (Lipinski definition) is 0. The van der Waals surface area contributed by atoms with E-state index in [1.807, 2.05) is 18.2 Å². The summed E-state index contributed by atoms with van der Waals surface area (Å²) in [5.74, 6) is 2.57. The third-order valence-corrected chi connectivity index (χ3v) is 22.1. The summed E-state index contributed by atoms with van der Waals surface area (Å²) in [6.45, 7) is 4.71. The molecule has 0 amide bonds. The summed E-state index contributed by atoms with van der Waals surface area (Å²) in [5.41, 5.74) is 30.3. The van der Waals surface area contributed by atoms with E-state index in [-0.39, 0.29) is 0 Å². The second-order valence-corrected chi connectivity index (χ2v) is 29.5. The number of anilines is 3. The smallest absolute Gasteiger partial charge is 0.238 e. The molecule has 4 heterocycles. The van der Waals surface area contributed by atoms with Gasteiger partial charge in [-0.1, -0.05) is 305 Å². The molecule has 3 aromatic heterocycles. The van der Waals surface area contributed by atoms with Gasteiger partial charge in [0.2, 0.25) is 11.9 Å². The first kappa shape index (κ1) is 67.5. The molecule has 0 unspecified atom stereocenters. The van der Waals surface area contributed by atoms with E-state index in [0.29, 0.717) is 29.4 Å². The Bertz CT molecular complexity index is 6630. The summed E-state index contributed by atoms with van der Waals surface area (Å²) in [7, 11) is 0. The van der Waals surface area contributed by atoms with Crippen molar-refractivity contribution in [1.29, 1.82) is 0 Å². The Morgan fingerprint density at radius 3 is 0.965 bits per heavy atom. The van der Waals surface area contributed by atoms with Gasteiger partial charge in [0.15, 0.2) is 17.5 Å². The molecule has 19 aromatic rings. The van der Waals surface area contributed by atoms with E-state index >= 15 is 0 Å². The second-order valence-electron chi connectivity index (χ2n) is 29.5. The van der Waals surface area contributed by atoms with Crippen LogP contribution in [0.25, 0.3) is 173 Å². The van der Waals surface area contributed by atoms with Gasteiger partial charge in [-0.05, 0) is 226 Å². The average molecular weight is 1450 g/mol. The highest BCUT2D eigenvalue weighted by Crippen LogP contribution is 2.55. The Morgan fingerprint density at radius 2 is 0.522 bits per heavy atom. The van der Waals surface area contributed by atoms with Crippen molar-refractivity contribution >= 4 is 39.1 Å². The van der Waals surface area contributed by atoms with Crippen LogP contribution < -0.4 is 4.90 Å². The lowest BCUT2D eigenvalue weighted by molar-refractivity contribution is 0.632. The van der Waals surface area contributed by atoms with E-state index in [1.54, 1.807) is 6.33 Å². The molecule has 0 fully saturated rings. The van der Waals surface area contributed by atoms with E-state index in [2.05, 4.69) is 399 Å². The van der Waals surface area contributed by atoms with Gasteiger partial charge in [-0.2, -0.15) is 15.0 Å². The van der Waals surface area contributed by atoms with Crippen molar-refractivity contribution in [3.63, 3.8) is 0 Å². The zero-order valence-electron chi connectivity index (χ0n) is 62.2. The zero-order chi connectivity index (χ0) is 75.4. The van der Waals surface area contributed by atoms with E-state index < -0.39 is 5.41 Å². The molecule has 0 saturated heterocycles. The first-order valence-electron chi connectivity index (χ1n) is 38.3. The number of hydrogen-bond acceptors (Lipinski definition) is 7. The van der Waals surface area contributed by atoms with Crippen LogP contribution in [0.5, 0.6) is 0 Å². The highest BCUT2D eigenvalue weighted by atomic mass is 15.3. The quantitative estimate of drug-likeness (QED) is 0.101. The molecule has 0 aliphatic carbocycles. The molecule has 0 radical (unpaired) electrons. The maximum atomic E-state index is 5.73. The summed E-state index contributed by atoms with van der Waals surface area (Å²) >= 11 is 0. The molecule has 8 heteroatoms. The van der Waals surface area contributed by atoms with Gasteiger partial charge in [0, 0.05) is 32.9 Å². The van der Waals surface area contributed by atoms with Gasteiger partial charge in [-0.3, -0.25) is 9.47 Å². The number of rotatable bonds is 15. The minimum atomic E-state index is -0.603. The van der Waals surface area contributed by atoms with Gasteiger partial charge in [0.1, 0.15) is 6.33 Å². The summed E-state index contributed by atoms with van der Waals surface area (Å²) < 4.78 is 2.19. The molecule has 1 aliphatic heterocycles. The molecule has 0 saturated carbocycles. The third kappa shape index (κ3) is 12.9. The number of benzene rings is 16. The molecule has 0 N–H and O–H groups in total. The lowest BCUT2D eigenvalue weighted by Gasteiger charge is -2.41. The van der Waals surface area contributed by atoms with Crippen molar-refractivity contribution in [3.8, 4) is 151 Å². The normalized spacial score (nSPS) is 12.2. The summed E-state index contributed by atoms with van der Waals surface area (Å²) in [5, 5.41) is 2.11. The molecule has 1 aliphatic rings. The molecule has 0 atom stereocenters. The van der Waals surface area contributed by atoms with Crippen molar-refractivity contribution in [2.45, 2.75) is 19.3 Å². The molecule has 113 heavy (non-hydrogen) atoms. The molecule has 8 nitrogen and oxygen atoms in total. The van der Waals surface area contributed by atoms with Crippen molar-refractivity contribution in [2.24, 2.45) is 0 Å². The maximum Gasteiger partial charge on any atom is 0.238 e. The minimum absolute atomic E-state index is 0.464. The minimum Gasteiger partial charge on any atom is -0.278 e. The molecular formula is C105H72N8. The average Bonchev–Trinajstić information content (AvgIpc) is 1.63. The van der Waals surface area contributed by atoms with Crippen LogP contribution in [0.1, 0.15) is 25.0 Å². The van der Waals surface area contributed by atoms with Crippen LogP contribution >= 0.6 is 0 Å². The SMILES string of the molecule is CC1(C)c2cc(-c3cccc(-c4cc(-c5ccccc5)cc(-c5ccccc5)c4)c3)ccc2N(c2nc(-c3ccccc3)nc(-c3cccc(-c4cc(-c5ccccc5)cc(-c5ccccc5)c4)c3)n2)c2cc3c(cc21)c1ccccc1n3-c1ncnc(-c2cccc(-c3cc(-c4ccccc4)cc(-c4ccccc4)c3)c2)n1. The summed E-state index contributed by atoms with van der Waals surface area (Å²) in [6, 6.07) is 141. The van der Waals surface area contributed by atoms with E-state index in [4.69, 9.17) is 29.9 Å². The number of nitrogens with zero attached hydrogens (tertiary/aromatic N) is 8. The van der Waals surface area contributed by atoms with Crippen LogP contribution in [0.2, 0.25) is 0 Å². The molecular weight excluding hydrogens is 1370 g/mol. The lowest BCUT2D eigenvalue weighted by atomic mass is 9.72. The topological polar surface area (TPSA) is 85.5 Å². The highest BCUT2D eigenvalue weighted by Gasteiger charge is 2.40. The monoisotopic (exact) mass is 1440 g/mol. The van der Waals surface area contributed by atoms with Crippen molar-refractivity contribution in [2.75, 3.05) is 4.90 Å². The third-order valence-electron chi connectivity index (χ3n) is 22.1. The Balaban J connectivity index is 0.763. The summed E-state index contributed by atoms with van der Waals surface area (Å²) in [6.07, 6.45) is 1.64. The lowest BCUT2D eigenvalue weighted by Crippen LogP contribution is -2.31. The largest absolute Gasteiger partial charge is 0.278 e. The Morgan fingerprint density at radius 1 is 0.204 bits per heavy atom. The fourth-order valence-corrected chi connectivity index (χ4v) is 16.4. The second kappa shape index (κ2) is 28.6. The molecule has 532 valence electrons. The van der Waals surface area contributed by atoms with Gasteiger partial charge >= 0.3 is 0 Å².